The maximum atomic E-state index is 14.2. The van der Waals surface area contributed by atoms with Crippen molar-refractivity contribution in [3.8, 4) is 5.75 Å². The Morgan fingerprint density at radius 3 is 2.71 bits per heavy atom. The lowest BCUT2D eigenvalue weighted by Crippen LogP contribution is -2.47. The second-order valence-electron chi connectivity index (χ2n) is 9.61. The zero-order valence-corrected chi connectivity index (χ0v) is 19.4. The number of hydrogen-bond donors (Lipinski definition) is 1. The van der Waals surface area contributed by atoms with Crippen molar-refractivity contribution in [3.05, 3.63) is 47.5 Å². The quantitative estimate of drug-likeness (QED) is 0.541. The van der Waals surface area contributed by atoms with Crippen LogP contribution >= 0.6 is 0 Å². The number of benzene rings is 2. The van der Waals surface area contributed by atoms with Gasteiger partial charge < -0.3 is 19.5 Å². The van der Waals surface area contributed by atoms with Gasteiger partial charge in [-0.05, 0) is 30.2 Å². The van der Waals surface area contributed by atoms with E-state index in [0.717, 1.165) is 55.9 Å². The van der Waals surface area contributed by atoms with Gasteiger partial charge in [0.05, 0.1) is 17.7 Å². The monoisotopic (exact) mass is 470 g/mol. The van der Waals surface area contributed by atoms with E-state index < -0.39 is 5.41 Å². The number of nitrogens with one attached hydrogen (secondary N) is 1. The van der Waals surface area contributed by atoms with Crippen LogP contribution in [0.2, 0.25) is 0 Å². The van der Waals surface area contributed by atoms with Crippen molar-refractivity contribution < 1.29 is 22.8 Å². The highest BCUT2D eigenvalue weighted by Gasteiger charge is 2.34. The number of ether oxygens (including phenoxy) is 1. The normalized spacial score (nSPS) is 18.1. The van der Waals surface area contributed by atoms with Crippen LogP contribution in [0.5, 0.6) is 5.75 Å². The van der Waals surface area contributed by atoms with Crippen LogP contribution in [0.15, 0.2) is 34.9 Å². The van der Waals surface area contributed by atoms with Crippen LogP contribution in [0.4, 0.5) is 20.3 Å². The molecule has 1 aromatic heterocycles. The van der Waals surface area contributed by atoms with E-state index in [1.807, 2.05) is 13.8 Å². The molecule has 1 fully saturated rings. The van der Waals surface area contributed by atoms with Gasteiger partial charge in [-0.15, -0.1) is 0 Å². The maximum absolute atomic E-state index is 14.2. The summed E-state index contributed by atoms with van der Waals surface area (Å²) in [4.78, 5) is 16.6. The summed E-state index contributed by atoms with van der Waals surface area (Å²) in [7, 11) is 0. The minimum atomic E-state index is -0.444. The van der Waals surface area contributed by atoms with E-state index in [0.29, 0.717) is 30.0 Å². The molecule has 0 spiro atoms. The topological polar surface area (TPSA) is 70.8 Å². The van der Waals surface area contributed by atoms with Crippen LogP contribution in [-0.4, -0.2) is 55.3 Å². The van der Waals surface area contributed by atoms with E-state index in [9.17, 15) is 13.6 Å². The zero-order valence-electron chi connectivity index (χ0n) is 19.4. The Morgan fingerprint density at radius 1 is 1.12 bits per heavy atom. The molecule has 3 aromatic rings. The Hall–Kier alpha value is -3.20. The van der Waals surface area contributed by atoms with Crippen molar-refractivity contribution >= 4 is 28.4 Å². The minimum absolute atomic E-state index is 0.0862. The van der Waals surface area contributed by atoms with Crippen molar-refractivity contribution in [2.75, 3.05) is 49.5 Å². The molecule has 5 rings (SSSR count). The molecular weight excluding hydrogens is 442 g/mol. The number of carbonyl (C=O) groups is 1. The number of amides is 1. The fourth-order valence-corrected chi connectivity index (χ4v) is 4.82. The van der Waals surface area contributed by atoms with E-state index in [2.05, 4.69) is 20.3 Å². The van der Waals surface area contributed by atoms with Crippen LogP contribution in [0.25, 0.3) is 11.0 Å². The number of fused-ring (bicyclic) bond motifs is 2. The molecule has 0 radical (unpaired) electrons. The van der Waals surface area contributed by atoms with Gasteiger partial charge >= 0.3 is 0 Å². The first-order chi connectivity index (χ1) is 16.3. The first-order valence-electron chi connectivity index (χ1n) is 11.6. The molecule has 1 amide bonds. The van der Waals surface area contributed by atoms with Crippen molar-refractivity contribution in [1.82, 2.24) is 10.1 Å². The van der Waals surface area contributed by atoms with Gasteiger partial charge in [-0.3, -0.25) is 9.69 Å². The standard InChI is InChI=1S/C25H28F2N4O3/c1-25(2)15-22(32)28-23-19(25)12-17(27)14-21(23)33-11-3-6-30-7-9-31(10-8-30)24-18-5-4-16(26)13-20(18)34-29-24/h4-5,12-14H,3,6-11,15H2,1-2H3,(H,28,32). The molecule has 180 valence electrons. The smallest absolute Gasteiger partial charge is 0.225 e. The van der Waals surface area contributed by atoms with Gasteiger partial charge in [-0.25, -0.2) is 8.78 Å². The Bertz CT molecular complexity index is 1220. The predicted molar refractivity (Wildman–Crippen MR) is 125 cm³/mol. The molecule has 2 aliphatic rings. The number of nitrogens with zero attached hydrogens (tertiary/aromatic N) is 3. The van der Waals surface area contributed by atoms with Gasteiger partial charge in [-0.1, -0.05) is 19.0 Å². The third-order valence-corrected chi connectivity index (χ3v) is 6.63. The molecule has 2 aliphatic heterocycles. The second-order valence-corrected chi connectivity index (χ2v) is 9.61. The molecule has 0 saturated carbocycles. The SMILES string of the molecule is CC1(C)CC(=O)Nc2c(OCCCN3CCN(c4noc5cc(F)ccc45)CC3)cc(F)cc21. The Balaban J connectivity index is 1.14. The van der Waals surface area contributed by atoms with Gasteiger partial charge in [0, 0.05) is 56.7 Å². The third-order valence-electron chi connectivity index (χ3n) is 6.63. The fourth-order valence-electron chi connectivity index (χ4n) is 4.82. The van der Waals surface area contributed by atoms with Crippen LogP contribution in [0.1, 0.15) is 32.3 Å². The third kappa shape index (κ3) is 4.44. The fraction of sp³-hybridized carbons (Fsp3) is 0.440. The average Bonchev–Trinajstić information content (AvgIpc) is 3.20. The van der Waals surface area contributed by atoms with E-state index in [1.165, 1.54) is 24.3 Å². The van der Waals surface area contributed by atoms with Gasteiger partial charge in [0.15, 0.2) is 11.4 Å². The molecular formula is C25H28F2N4O3. The van der Waals surface area contributed by atoms with E-state index in [1.54, 1.807) is 6.07 Å². The lowest BCUT2D eigenvalue weighted by atomic mass is 9.78. The summed E-state index contributed by atoms with van der Waals surface area (Å²) in [6.07, 6.45) is 1.09. The van der Waals surface area contributed by atoms with Crippen LogP contribution < -0.4 is 15.0 Å². The van der Waals surface area contributed by atoms with E-state index in [4.69, 9.17) is 9.26 Å². The first kappa shape index (κ1) is 22.6. The van der Waals surface area contributed by atoms with Gasteiger partial charge in [-0.2, -0.15) is 0 Å². The highest BCUT2D eigenvalue weighted by Crippen LogP contribution is 2.42. The lowest BCUT2D eigenvalue weighted by Gasteiger charge is -2.35. The Labute approximate surface area is 196 Å². The zero-order chi connectivity index (χ0) is 23.9. The molecule has 0 atom stereocenters. The van der Waals surface area contributed by atoms with Crippen molar-refractivity contribution in [3.63, 3.8) is 0 Å². The number of piperazine rings is 1. The van der Waals surface area contributed by atoms with E-state index in [-0.39, 0.29) is 17.5 Å². The maximum Gasteiger partial charge on any atom is 0.225 e. The first-order valence-corrected chi connectivity index (χ1v) is 11.6. The van der Waals surface area contributed by atoms with Crippen molar-refractivity contribution in [1.29, 1.82) is 0 Å². The van der Waals surface area contributed by atoms with Gasteiger partial charge in [0.2, 0.25) is 5.91 Å². The molecule has 34 heavy (non-hydrogen) atoms. The summed E-state index contributed by atoms with van der Waals surface area (Å²) in [6, 6.07) is 7.30. The highest BCUT2D eigenvalue weighted by molar-refractivity contribution is 5.97. The van der Waals surface area contributed by atoms with Crippen LogP contribution in [0.3, 0.4) is 0 Å². The second kappa shape index (κ2) is 8.87. The van der Waals surface area contributed by atoms with E-state index >= 15 is 0 Å². The molecule has 2 aromatic carbocycles. The molecule has 1 saturated heterocycles. The molecule has 0 unspecified atom stereocenters. The molecule has 1 N–H and O–H groups in total. The Kier molecular flexibility index (Phi) is 5.89. The lowest BCUT2D eigenvalue weighted by molar-refractivity contribution is -0.117. The summed E-state index contributed by atoms with van der Waals surface area (Å²) in [5.74, 6) is 0.343. The van der Waals surface area contributed by atoms with Crippen molar-refractivity contribution in [2.24, 2.45) is 0 Å². The predicted octanol–water partition coefficient (Wildman–Crippen LogP) is 4.32. The molecule has 7 nitrogen and oxygen atoms in total. The number of halogens is 2. The van der Waals surface area contributed by atoms with Crippen LogP contribution in [0, 0.1) is 11.6 Å². The summed E-state index contributed by atoms with van der Waals surface area (Å²) >= 11 is 0. The van der Waals surface area contributed by atoms with Crippen molar-refractivity contribution in [2.45, 2.75) is 32.1 Å². The number of rotatable bonds is 6. The highest BCUT2D eigenvalue weighted by atomic mass is 19.1. The minimum Gasteiger partial charge on any atom is -0.491 e. The number of carbonyl (C=O) groups excluding carboxylic acids is 1. The summed E-state index contributed by atoms with van der Waals surface area (Å²) < 4.78 is 38.8. The molecule has 0 bridgehead atoms. The largest absolute Gasteiger partial charge is 0.491 e. The summed E-state index contributed by atoms with van der Waals surface area (Å²) in [6.45, 7) is 8.43. The number of hydrogen-bond acceptors (Lipinski definition) is 6. The summed E-state index contributed by atoms with van der Waals surface area (Å²) in [5, 5.41) is 7.81. The molecule has 3 heterocycles. The molecule has 0 aliphatic carbocycles. The molecule has 9 heteroatoms. The number of anilines is 2. The Morgan fingerprint density at radius 2 is 1.91 bits per heavy atom. The number of aromatic nitrogens is 1. The average molecular weight is 471 g/mol. The van der Waals surface area contributed by atoms with Gasteiger partial charge in [0.25, 0.3) is 0 Å². The van der Waals surface area contributed by atoms with Gasteiger partial charge in [0.1, 0.15) is 17.4 Å². The van der Waals surface area contributed by atoms with Crippen LogP contribution in [-0.2, 0) is 10.2 Å². The summed E-state index contributed by atoms with van der Waals surface area (Å²) in [5.41, 5.74) is 1.35.